The van der Waals surface area contributed by atoms with Gasteiger partial charge >= 0.3 is 0 Å². The van der Waals surface area contributed by atoms with Gasteiger partial charge in [0.1, 0.15) is 11.6 Å². The Labute approximate surface area is 127 Å². The number of aromatic nitrogens is 2. The van der Waals surface area contributed by atoms with E-state index in [1.807, 2.05) is 11.8 Å². The van der Waals surface area contributed by atoms with Crippen LogP contribution in [0.25, 0.3) is 0 Å². The van der Waals surface area contributed by atoms with Crippen molar-refractivity contribution in [3.8, 4) is 0 Å². The fourth-order valence-electron chi connectivity index (χ4n) is 2.47. The fraction of sp³-hybridized carbons (Fsp3) is 0.750. The van der Waals surface area contributed by atoms with Gasteiger partial charge in [-0.15, -0.1) is 0 Å². The van der Waals surface area contributed by atoms with Crippen LogP contribution in [0.5, 0.6) is 0 Å². The molecule has 0 aliphatic carbocycles. The largest absolute Gasteiger partial charge is 0.370 e. The van der Waals surface area contributed by atoms with Crippen LogP contribution in [-0.4, -0.2) is 22.3 Å². The summed E-state index contributed by atoms with van der Waals surface area (Å²) in [5.74, 6) is 3.95. The maximum Gasteiger partial charge on any atom is 0.143 e. The van der Waals surface area contributed by atoms with Gasteiger partial charge in [0, 0.05) is 18.3 Å². The second-order valence-electron chi connectivity index (χ2n) is 5.98. The maximum absolute atomic E-state index is 4.83. The lowest BCUT2D eigenvalue weighted by atomic mass is 10.1. The third kappa shape index (κ3) is 4.65. The van der Waals surface area contributed by atoms with Crippen LogP contribution in [0.15, 0.2) is 6.07 Å². The van der Waals surface area contributed by atoms with E-state index in [4.69, 9.17) is 9.97 Å². The predicted octanol–water partition coefficient (Wildman–Crippen LogP) is 4.46. The molecule has 0 aromatic carbocycles. The molecule has 1 N–H and O–H groups in total. The summed E-state index contributed by atoms with van der Waals surface area (Å²) >= 11 is 2.02. The first-order chi connectivity index (χ1) is 9.69. The summed E-state index contributed by atoms with van der Waals surface area (Å²) in [4.78, 5) is 9.59. The molecule has 0 amide bonds. The number of nitrogens with zero attached hydrogens (tertiary/aromatic N) is 2. The van der Waals surface area contributed by atoms with Crippen LogP contribution < -0.4 is 5.32 Å². The topological polar surface area (TPSA) is 37.8 Å². The summed E-state index contributed by atoms with van der Waals surface area (Å²) in [6.07, 6.45) is 6.04. The highest BCUT2D eigenvalue weighted by Crippen LogP contribution is 2.37. The lowest BCUT2D eigenvalue weighted by Crippen LogP contribution is -2.12. The van der Waals surface area contributed by atoms with E-state index >= 15 is 0 Å². The molecule has 1 aliphatic heterocycles. The molecular formula is C16H27N3S. The van der Waals surface area contributed by atoms with Crippen molar-refractivity contribution in [2.75, 3.05) is 17.6 Å². The van der Waals surface area contributed by atoms with E-state index in [0.717, 1.165) is 31.0 Å². The SMILES string of the molecule is CCCNc1cc(CC(C)C)nc(C2CCCCS2)n1. The summed E-state index contributed by atoms with van der Waals surface area (Å²) in [7, 11) is 0. The van der Waals surface area contributed by atoms with E-state index in [1.54, 1.807) is 0 Å². The summed E-state index contributed by atoms with van der Waals surface area (Å²) in [6.45, 7) is 7.66. The molecule has 1 unspecified atom stereocenters. The monoisotopic (exact) mass is 293 g/mol. The van der Waals surface area contributed by atoms with Crippen LogP contribution in [0.1, 0.15) is 63.2 Å². The van der Waals surface area contributed by atoms with Crippen LogP contribution in [0.4, 0.5) is 5.82 Å². The second kappa shape index (κ2) is 7.87. The van der Waals surface area contributed by atoms with Crippen molar-refractivity contribution in [1.82, 2.24) is 9.97 Å². The van der Waals surface area contributed by atoms with E-state index in [9.17, 15) is 0 Å². The average molecular weight is 293 g/mol. The molecule has 112 valence electrons. The normalized spacial score (nSPS) is 19.3. The predicted molar refractivity (Wildman–Crippen MR) is 88.4 cm³/mol. The van der Waals surface area contributed by atoms with Gasteiger partial charge in [0.05, 0.1) is 5.25 Å². The standard InChI is InChI=1S/C16H27N3S/c1-4-8-17-15-11-13(10-12(2)3)18-16(19-15)14-7-5-6-9-20-14/h11-12,14H,4-10H2,1-3H3,(H,17,18,19). The van der Waals surface area contributed by atoms with Crippen molar-refractivity contribution in [2.24, 2.45) is 5.92 Å². The van der Waals surface area contributed by atoms with Gasteiger partial charge in [-0.1, -0.05) is 27.2 Å². The highest BCUT2D eigenvalue weighted by molar-refractivity contribution is 7.99. The lowest BCUT2D eigenvalue weighted by molar-refractivity contribution is 0.619. The molecule has 1 saturated heterocycles. The zero-order valence-corrected chi connectivity index (χ0v) is 13.8. The number of hydrogen-bond donors (Lipinski definition) is 1. The smallest absolute Gasteiger partial charge is 0.143 e. The molecule has 0 spiro atoms. The van der Waals surface area contributed by atoms with E-state index < -0.39 is 0 Å². The number of hydrogen-bond acceptors (Lipinski definition) is 4. The molecule has 0 bridgehead atoms. The van der Waals surface area contributed by atoms with Crippen molar-refractivity contribution < 1.29 is 0 Å². The van der Waals surface area contributed by atoms with Crippen molar-refractivity contribution in [1.29, 1.82) is 0 Å². The fourth-order valence-corrected chi connectivity index (χ4v) is 3.72. The Hall–Kier alpha value is -0.770. The zero-order chi connectivity index (χ0) is 14.4. The van der Waals surface area contributed by atoms with Crippen molar-refractivity contribution in [3.05, 3.63) is 17.6 Å². The molecule has 2 heterocycles. The van der Waals surface area contributed by atoms with Gasteiger partial charge in [-0.05, 0) is 37.4 Å². The third-order valence-corrected chi connectivity index (χ3v) is 4.81. The molecule has 4 heteroatoms. The van der Waals surface area contributed by atoms with Gasteiger partial charge in [0.25, 0.3) is 0 Å². The molecule has 1 aromatic rings. The Kier molecular flexibility index (Phi) is 6.14. The van der Waals surface area contributed by atoms with Crippen molar-refractivity contribution in [2.45, 2.75) is 58.1 Å². The van der Waals surface area contributed by atoms with E-state index in [1.165, 1.54) is 30.7 Å². The number of thioether (sulfide) groups is 1. The molecule has 1 fully saturated rings. The van der Waals surface area contributed by atoms with Gasteiger partial charge in [0.2, 0.25) is 0 Å². The first-order valence-electron chi connectivity index (χ1n) is 7.92. The Morgan fingerprint density at radius 1 is 1.35 bits per heavy atom. The Morgan fingerprint density at radius 3 is 2.85 bits per heavy atom. The van der Waals surface area contributed by atoms with E-state index in [-0.39, 0.29) is 0 Å². The van der Waals surface area contributed by atoms with E-state index in [0.29, 0.717) is 11.2 Å². The van der Waals surface area contributed by atoms with Crippen LogP contribution in [-0.2, 0) is 6.42 Å². The highest BCUT2D eigenvalue weighted by atomic mass is 32.2. The molecule has 0 radical (unpaired) electrons. The van der Waals surface area contributed by atoms with Gasteiger partial charge in [-0.25, -0.2) is 9.97 Å². The van der Waals surface area contributed by atoms with Crippen LogP contribution in [0.3, 0.4) is 0 Å². The van der Waals surface area contributed by atoms with Gasteiger partial charge < -0.3 is 5.32 Å². The molecule has 2 rings (SSSR count). The van der Waals surface area contributed by atoms with Crippen molar-refractivity contribution in [3.63, 3.8) is 0 Å². The Balaban J connectivity index is 2.19. The zero-order valence-electron chi connectivity index (χ0n) is 13.0. The van der Waals surface area contributed by atoms with Crippen LogP contribution >= 0.6 is 11.8 Å². The molecule has 3 nitrogen and oxygen atoms in total. The van der Waals surface area contributed by atoms with Crippen LogP contribution in [0, 0.1) is 5.92 Å². The number of rotatable bonds is 6. The molecule has 20 heavy (non-hydrogen) atoms. The highest BCUT2D eigenvalue weighted by Gasteiger charge is 2.20. The molecule has 0 saturated carbocycles. The minimum absolute atomic E-state index is 0.498. The number of anilines is 1. The van der Waals surface area contributed by atoms with Crippen LogP contribution in [0.2, 0.25) is 0 Å². The Morgan fingerprint density at radius 2 is 2.20 bits per heavy atom. The average Bonchev–Trinajstić information content (AvgIpc) is 2.45. The molecule has 1 atom stereocenters. The first-order valence-corrected chi connectivity index (χ1v) is 8.97. The van der Waals surface area contributed by atoms with Gasteiger partial charge in [0.15, 0.2) is 0 Å². The second-order valence-corrected chi connectivity index (χ2v) is 7.29. The minimum atomic E-state index is 0.498. The maximum atomic E-state index is 4.83. The lowest BCUT2D eigenvalue weighted by Gasteiger charge is -2.21. The van der Waals surface area contributed by atoms with Gasteiger partial charge in [-0.2, -0.15) is 11.8 Å². The third-order valence-electron chi connectivity index (χ3n) is 3.44. The summed E-state index contributed by atoms with van der Waals surface area (Å²) in [6, 6.07) is 2.13. The first kappa shape index (κ1) is 15.6. The van der Waals surface area contributed by atoms with E-state index in [2.05, 4.69) is 32.2 Å². The summed E-state index contributed by atoms with van der Waals surface area (Å²) < 4.78 is 0. The number of nitrogens with one attached hydrogen (secondary N) is 1. The molecule has 1 aliphatic rings. The summed E-state index contributed by atoms with van der Waals surface area (Å²) in [5, 5.41) is 3.93. The quantitative estimate of drug-likeness (QED) is 0.840. The molecular weight excluding hydrogens is 266 g/mol. The minimum Gasteiger partial charge on any atom is -0.370 e. The van der Waals surface area contributed by atoms with Gasteiger partial charge in [-0.3, -0.25) is 0 Å². The summed E-state index contributed by atoms with van der Waals surface area (Å²) in [5.41, 5.74) is 1.19. The molecule has 1 aromatic heterocycles. The van der Waals surface area contributed by atoms with Crippen molar-refractivity contribution >= 4 is 17.6 Å². The Bertz CT molecular complexity index is 414.